The number of benzene rings is 4. The summed E-state index contributed by atoms with van der Waals surface area (Å²) in [6.45, 7) is 3.01. The summed E-state index contributed by atoms with van der Waals surface area (Å²) in [4.78, 5) is 12.8. The topological polar surface area (TPSA) is 78.4 Å². The van der Waals surface area contributed by atoms with Crippen molar-refractivity contribution in [3.05, 3.63) is 117 Å². The first-order valence-corrected chi connectivity index (χ1v) is 13.7. The van der Waals surface area contributed by atoms with Gasteiger partial charge in [-0.25, -0.2) is 5.43 Å². The van der Waals surface area contributed by atoms with Crippen LogP contribution in [-0.4, -0.2) is 25.8 Å². The summed E-state index contributed by atoms with van der Waals surface area (Å²) in [5.74, 6) is 1.50. The molecular weight excluding hydrogens is 596 g/mol. The molecule has 0 radical (unpaired) electrons. The van der Waals surface area contributed by atoms with Crippen LogP contribution in [0.1, 0.15) is 34.0 Å². The molecule has 0 spiro atoms. The number of halogens is 2. The van der Waals surface area contributed by atoms with E-state index in [1.807, 2.05) is 61.5 Å². The second-order valence-electron chi connectivity index (χ2n) is 8.52. The first-order valence-electron chi connectivity index (χ1n) is 12.5. The monoisotopic (exact) mass is 622 g/mol. The van der Waals surface area contributed by atoms with E-state index >= 15 is 0 Å². The van der Waals surface area contributed by atoms with Crippen molar-refractivity contribution in [2.45, 2.75) is 20.1 Å². The molecule has 0 atom stereocenters. The van der Waals surface area contributed by atoms with Crippen LogP contribution in [0.3, 0.4) is 0 Å². The summed E-state index contributed by atoms with van der Waals surface area (Å²) in [5, 5.41) is 4.44. The fraction of sp³-hybridized carbons (Fsp3) is 0.161. The van der Waals surface area contributed by atoms with Crippen LogP contribution in [0, 0.1) is 0 Å². The number of nitrogens with one attached hydrogen (secondary N) is 1. The molecule has 7 nitrogen and oxygen atoms in total. The fourth-order valence-electron chi connectivity index (χ4n) is 3.69. The lowest BCUT2D eigenvalue weighted by atomic mass is 10.2. The van der Waals surface area contributed by atoms with Gasteiger partial charge in [0.05, 0.1) is 25.0 Å². The second-order valence-corrected chi connectivity index (χ2v) is 9.84. The summed E-state index contributed by atoms with van der Waals surface area (Å²) in [7, 11) is 1.53. The van der Waals surface area contributed by atoms with E-state index < -0.39 is 5.91 Å². The van der Waals surface area contributed by atoms with Gasteiger partial charge in [-0.1, -0.05) is 70.0 Å². The van der Waals surface area contributed by atoms with Crippen LogP contribution in [0.15, 0.2) is 94.5 Å². The maximum absolute atomic E-state index is 12.8. The van der Waals surface area contributed by atoms with Crippen LogP contribution in [0.5, 0.6) is 23.0 Å². The van der Waals surface area contributed by atoms with E-state index in [9.17, 15) is 4.79 Å². The van der Waals surface area contributed by atoms with Crippen molar-refractivity contribution in [3.8, 4) is 23.0 Å². The lowest BCUT2D eigenvalue weighted by Crippen LogP contribution is -2.17. The maximum atomic E-state index is 12.8. The highest BCUT2D eigenvalue weighted by atomic mass is 79.9. The van der Waals surface area contributed by atoms with Gasteiger partial charge >= 0.3 is 0 Å². The SMILES string of the molecule is CCOc1cc(C(=O)N/N=C/c2cc(Cl)c(OCc3ccc(Br)cc3)c(OC)c2)ccc1OCc1ccccc1. The molecule has 0 aliphatic rings. The standard InChI is InChI=1S/C31H28BrClN2O5/c1-3-38-28-17-24(11-14-27(28)39-19-21-7-5-4-6-8-21)31(36)35-34-18-23-15-26(33)30(29(16-23)37-2)40-20-22-9-12-25(32)13-10-22/h4-18H,3,19-20H2,1-2H3,(H,35,36)/b34-18+. The average Bonchev–Trinajstić information content (AvgIpc) is 2.97. The first kappa shape index (κ1) is 29.0. The van der Waals surface area contributed by atoms with E-state index in [1.54, 1.807) is 30.3 Å². The molecule has 1 N–H and O–H groups in total. The molecule has 0 saturated carbocycles. The van der Waals surface area contributed by atoms with Crippen molar-refractivity contribution in [1.29, 1.82) is 0 Å². The molecule has 0 aromatic heterocycles. The van der Waals surface area contributed by atoms with Gasteiger partial charge in [0.2, 0.25) is 0 Å². The largest absolute Gasteiger partial charge is 0.493 e. The molecule has 0 heterocycles. The molecule has 0 aliphatic heterocycles. The van der Waals surface area contributed by atoms with E-state index in [0.29, 0.717) is 59.0 Å². The van der Waals surface area contributed by atoms with Crippen LogP contribution in [-0.2, 0) is 13.2 Å². The fourth-order valence-corrected chi connectivity index (χ4v) is 4.23. The van der Waals surface area contributed by atoms with Gasteiger partial charge in [-0.05, 0) is 66.1 Å². The highest BCUT2D eigenvalue weighted by Gasteiger charge is 2.14. The molecule has 0 saturated heterocycles. The molecule has 0 aliphatic carbocycles. The van der Waals surface area contributed by atoms with Crippen molar-refractivity contribution < 1.29 is 23.7 Å². The maximum Gasteiger partial charge on any atom is 0.271 e. The molecule has 4 aromatic carbocycles. The zero-order chi connectivity index (χ0) is 28.3. The number of hydrogen-bond donors (Lipinski definition) is 1. The number of methoxy groups -OCH3 is 1. The van der Waals surface area contributed by atoms with Crippen molar-refractivity contribution in [2.24, 2.45) is 5.10 Å². The molecule has 0 fully saturated rings. The molecule has 4 aromatic rings. The van der Waals surface area contributed by atoms with Crippen LogP contribution in [0.2, 0.25) is 5.02 Å². The summed E-state index contributed by atoms with van der Waals surface area (Å²) in [6.07, 6.45) is 1.48. The van der Waals surface area contributed by atoms with Gasteiger partial charge in [0.15, 0.2) is 23.0 Å². The van der Waals surface area contributed by atoms with Gasteiger partial charge in [0.25, 0.3) is 5.91 Å². The average molecular weight is 624 g/mol. The number of hydrazone groups is 1. The normalized spacial score (nSPS) is 10.8. The predicted octanol–water partition coefficient (Wildman–Crippen LogP) is 7.43. The van der Waals surface area contributed by atoms with Crippen molar-refractivity contribution in [3.63, 3.8) is 0 Å². The van der Waals surface area contributed by atoms with Crippen LogP contribution < -0.4 is 24.4 Å². The van der Waals surface area contributed by atoms with Crippen LogP contribution in [0.4, 0.5) is 0 Å². The van der Waals surface area contributed by atoms with Crippen molar-refractivity contribution in [1.82, 2.24) is 5.43 Å². The number of ether oxygens (including phenoxy) is 4. The van der Waals surface area contributed by atoms with Crippen LogP contribution >= 0.6 is 27.5 Å². The van der Waals surface area contributed by atoms with E-state index in [0.717, 1.165) is 15.6 Å². The number of hydrogen-bond acceptors (Lipinski definition) is 6. The quantitative estimate of drug-likeness (QED) is 0.131. The number of amides is 1. The number of rotatable bonds is 12. The minimum Gasteiger partial charge on any atom is -0.493 e. The van der Waals surface area contributed by atoms with Gasteiger partial charge in [0, 0.05) is 10.0 Å². The Morgan fingerprint density at radius 3 is 2.33 bits per heavy atom. The highest BCUT2D eigenvalue weighted by Crippen LogP contribution is 2.36. The van der Waals surface area contributed by atoms with Crippen molar-refractivity contribution >= 4 is 39.7 Å². The lowest BCUT2D eigenvalue weighted by molar-refractivity contribution is 0.0954. The summed E-state index contributed by atoms with van der Waals surface area (Å²) < 4.78 is 24.0. The molecule has 9 heteroatoms. The number of nitrogens with zero attached hydrogens (tertiary/aromatic N) is 1. The smallest absolute Gasteiger partial charge is 0.271 e. The molecule has 40 heavy (non-hydrogen) atoms. The molecule has 1 amide bonds. The van der Waals surface area contributed by atoms with E-state index in [2.05, 4.69) is 26.5 Å². The Balaban J connectivity index is 1.40. The Labute approximate surface area is 246 Å². The Morgan fingerprint density at radius 1 is 0.875 bits per heavy atom. The van der Waals surface area contributed by atoms with Crippen molar-refractivity contribution in [2.75, 3.05) is 13.7 Å². The van der Waals surface area contributed by atoms with Gasteiger partial charge in [0.1, 0.15) is 13.2 Å². The van der Waals surface area contributed by atoms with E-state index in [1.165, 1.54) is 13.3 Å². The minimum absolute atomic E-state index is 0.326. The first-order chi connectivity index (χ1) is 19.5. The molecular formula is C31H28BrClN2O5. The third-order valence-electron chi connectivity index (χ3n) is 5.67. The summed E-state index contributed by atoms with van der Waals surface area (Å²) in [6, 6.07) is 26.0. The molecule has 0 bridgehead atoms. The highest BCUT2D eigenvalue weighted by molar-refractivity contribution is 9.10. The Hall–Kier alpha value is -4.01. The van der Waals surface area contributed by atoms with Gasteiger partial charge < -0.3 is 18.9 Å². The lowest BCUT2D eigenvalue weighted by Gasteiger charge is -2.13. The summed E-state index contributed by atoms with van der Waals surface area (Å²) >= 11 is 9.90. The molecule has 206 valence electrons. The number of carbonyl (C=O) groups excluding carboxylic acids is 1. The number of carbonyl (C=O) groups is 1. The predicted molar refractivity (Wildman–Crippen MR) is 160 cm³/mol. The van der Waals surface area contributed by atoms with Crippen LogP contribution in [0.25, 0.3) is 0 Å². The third kappa shape index (κ3) is 8.00. The molecule has 4 rings (SSSR count). The van der Waals surface area contributed by atoms with Gasteiger partial charge in [-0.15, -0.1) is 0 Å². The Kier molecular flexibility index (Phi) is 10.4. The summed E-state index contributed by atoms with van der Waals surface area (Å²) in [5.41, 5.74) is 5.54. The van der Waals surface area contributed by atoms with E-state index in [-0.39, 0.29) is 0 Å². The molecule has 0 unspecified atom stereocenters. The third-order valence-corrected chi connectivity index (χ3v) is 6.48. The zero-order valence-electron chi connectivity index (χ0n) is 22.0. The Morgan fingerprint density at radius 2 is 1.60 bits per heavy atom. The zero-order valence-corrected chi connectivity index (χ0v) is 24.4. The van der Waals surface area contributed by atoms with Gasteiger partial charge in [-0.2, -0.15) is 5.10 Å². The van der Waals surface area contributed by atoms with Gasteiger partial charge in [-0.3, -0.25) is 4.79 Å². The second kappa shape index (κ2) is 14.4. The minimum atomic E-state index is -0.403. The van der Waals surface area contributed by atoms with E-state index in [4.69, 9.17) is 30.5 Å². The Bertz CT molecular complexity index is 1460.